The van der Waals surface area contributed by atoms with Crippen molar-refractivity contribution in [2.45, 2.75) is 19.2 Å². The molecule has 0 atom stereocenters. The van der Waals surface area contributed by atoms with E-state index in [2.05, 4.69) is 15.3 Å². The highest BCUT2D eigenvalue weighted by molar-refractivity contribution is 7.89. The first-order valence-electron chi connectivity index (χ1n) is 7.66. The highest BCUT2D eigenvalue weighted by Crippen LogP contribution is 2.18. The van der Waals surface area contributed by atoms with Gasteiger partial charge in [0.25, 0.3) is 0 Å². The molecule has 0 aliphatic heterocycles. The number of hydrogen-bond donors (Lipinski definition) is 1. The maximum absolute atomic E-state index is 12.4. The second-order valence-corrected chi connectivity index (χ2v) is 8.08. The molecular weight excluding hydrogens is 340 g/mol. The summed E-state index contributed by atoms with van der Waals surface area (Å²) >= 11 is 0. The van der Waals surface area contributed by atoms with Gasteiger partial charge in [0, 0.05) is 12.5 Å². The van der Waals surface area contributed by atoms with E-state index in [1.807, 2.05) is 31.2 Å². The third-order valence-corrected chi connectivity index (χ3v) is 4.39. The Bertz CT molecular complexity index is 1040. The summed E-state index contributed by atoms with van der Waals surface area (Å²) < 4.78 is 25.0. The Morgan fingerprint density at radius 2 is 2.00 bits per heavy atom. The molecule has 25 heavy (non-hydrogen) atoms. The molecule has 3 aromatic rings. The Morgan fingerprint density at radius 1 is 1.24 bits per heavy atom. The smallest absolute Gasteiger partial charge is 0.245 e. The van der Waals surface area contributed by atoms with Crippen LogP contribution in [0.25, 0.3) is 11.0 Å². The molecule has 2 heterocycles. The van der Waals surface area contributed by atoms with E-state index in [0.29, 0.717) is 22.7 Å². The number of carbonyl (C=O) groups is 1. The van der Waals surface area contributed by atoms with Crippen LogP contribution < -0.4 is 5.32 Å². The zero-order valence-corrected chi connectivity index (χ0v) is 14.7. The van der Waals surface area contributed by atoms with Crippen molar-refractivity contribution in [2.75, 3.05) is 11.6 Å². The molecule has 0 radical (unpaired) electrons. The highest BCUT2D eigenvalue weighted by atomic mass is 32.2. The van der Waals surface area contributed by atoms with Crippen LogP contribution in [0.3, 0.4) is 0 Å². The molecule has 130 valence electrons. The lowest BCUT2D eigenvalue weighted by atomic mass is 10.3. The topological polar surface area (TPSA) is 94.0 Å². The van der Waals surface area contributed by atoms with Crippen LogP contribution in [-0.2, 0) is 26.9 Å². The molecule has 8 heteroatoms. The molecule has 0 fully saturated rings. The van der Waals surface area contributed by atoms with Gasteiger partial charge in [-0.15, -0.1) is 0 Å². The number of benzene rings is 1. The number of anilines is 1. The quantitative estimate of drug-likeness (QED) is 0.752. The molecule has 7 nitrogen and oxygen atoms in total. The maximum Gasteiger partial charge on any atom is 0.245 e. The Balaban J connectivity index is 1.91. The Labute approximate surface area is 145 Å². The number of para-hydroxylation sites is 2. The van der Waals surface area contributed by atoms with Gasteiger partial charge < -0.3 is 9.88 Å². The summed E-state index contributed by atoms with van der Waals surface area (Å²) in [5.41, 5.74) is 2.35. The molecule has 3 rings (SSSR count). The number of nitrogens with one attached hydrogen (secondary N) is 1. The first-order chi connectivity index (χ1) is 11.8. The summed E-state index contributed by atoms with van der Waals surface area (Å²) in [5, 5.41) is 2.73. The van der Waals surface area contributed by atoms with Crippen LogP contribution in [0.15, 0.2) is 42.6 Å². The van der Waals surface area contributed by atoms with Gasteiger partial charge in [-0.3, -0.25) is 4.79 Å². The van der Waals surface area contributed by atoms with Crippen LogP contribution in [0.5, 0.6) is 0 Å². The van der Waals surface area contributed by atoms with Crippen molar-refractivity contribution >= 4 is 32.6 Å². The molecule has 0 aliphatic rings. The number of aromatic nitrogens is 3. The summed E-state index contributed by atoms with van der Waals surface area (Å²) in [4.78, 5) is 20.9. The highest BCUT2D eigenvalue weighted by Gasteiger charge is 2.17. The van der Waals surface area contributed by atoms with Crippen LogP contribution in [0, 0.1) is 6.92 Å². The van der Waals surface area contributed by atoms with Crippen molar-refractivity contribution in [3.8, 4) is 0 Å². The van der Waals surface area contributed by atoms with Crippen molar-refractivity contribution in [2.24, 2.45) is 0 Å². The minimum Gasteiger partial charge on any atom is -0.318 e. The van der Waals surface area contributed by atoms with Gasteiger partial charge in [-0.2, -0.15) is 0 Å². The molecule has 1 aromatic carbocycles. The second-order valence-electron chi connectivity index (χ2n) is 5.94. The molecular formula is C17H18N4O3S. The van der Waals surface area contributed by atoms with E-state index in [4.69, 9.17) is 0 Å². The SMILES string of the molecule is Cc1ccnc(NC(=O)Cn2c(CS(C)(=O)=O)nc3ccccc32)c1. The number of amides is 1. The maximum atomic E-state index is 12.4. The van der Waals surface area contributed by atoms with Crippen molar-refractivity contribution in [3.05, 3.63) is 54.0 Å². The number of fused-ring (bicyclic) bond motifs is 1. The average molecular weight is 358 g/mol. The number of carbonyl (C=O) groups excluding carboxylic acids is 1. The molecule has 0 aliphatic carbocycles. The van der Waals surface area contributed by atoms with E-state index < -0.39 is 9.84 Å². The standard InChI is InChI=1S/C17H18N4O3S/c1-12-7-8-18-15(9-12)20-17(22)10-21-14-6-4-3-5-13(14)19-16(21)11-25(2,23)24/h3-9H,10-11H2,1-2H3,(H,18,20,22). The average Bonchev–Trinajstić information content (AvgIpc) is 2.83. The molecule has 0 saturated heterocycles. The monoisotopic (exact) mass is 358 g/mol. The van der Waals surface area contributed by atoms with Gasteiger partial charge in [-0.05, 0) is 36.8 Å². The molecule has 0 unspecified atom stereocenters. The van der Waals surface area contributed by atoms with Crippen LogP contribution in [0.4, 0.5) is 5.82 Å². The fourth-order valence-corrected chi connectivity index (χ4v) is 3.27. The minimum atomic E-state index is -3.28. The Kier molecular flexibility index (Phi) is 4.54. The summed E-state index contributed by atoms with van der Waals surface area (Å²) in [5.74, 6) is 0.281. The third-order valence-electron chi connectivity index (χ3n) is 3.61. The van der Waals surface area contributed by atoms with Gasteiger partial charge >= 0.3 is 0 Å². The van der Waals surface area contributed by atoms with E-state index in [1.165, 1.54) is 0 Å². The zero-order valence-electron chi connectivity index (χ0n) is 13.9. The molecule has 0 saturated carbocycles. The van der Waals surface area contributed by atoms with Crippen molar-refractivity contribution in [1.82, 2.24) is 14.5 Å². The van der Waals surface area contributed by atoms with Crippen LogP contribution in [0.1, 0.15) is 11.4 Å². The number of sulfone groups is 1. The van der Waals surface area contributed by atoms with Crippen molar-refractivity contribution in [3.63, 3.8) is 0 Å². The van der Waals surface area contributed by atoms with E-state index in [9.17, 15) is 13.2 Å². The largest absolute Gasteiger partial charge is 0.318 e. The number of nitrogens with zero attached hydrogens (tertiary/aromatic N) is 3. The number of hydrogen-bond acceptors (Lipinski definition) is 5. The van der Waals surface area contributed by atoms with Gasteiger partial charge in [-0.25, -0.2) is 18.4 Å². The van der Waals surface area contributed by atoms with E-state index in [1.54, 1.807) is 22.9 Å². The van der Waals surface area contributed by atoms with Gasteiger partial charge in [0.2, 0.25) is 5.91 Å². The lowest BCUT2D eigenvalue weighted by molar-refractivity contribution is -0.116. The minimum absolute atomic E-state index is 0.0407. The predicted molar refractivity (Wildman–Crippen MR) is 95.9 cm³/mol. The first kappa shape index (κ1) is 17.1. The molecule has 0 bridgehead atoms. The van der Waals surface area contributed by atoms with E-state index >= 15 is 0 Å². The zero-order chi connectivity index (χ0) is 18.0. The fraction of sp³-hybridized carbons (Fsp3) is 0.235. The summed E-state index contributed by atoms with van der Waals surface area (Å²) in [7, 11) is -3.28. The lowest BCUT2D eigenvalue weighted by Crippen LogP contribution is -2.21. The van der Waals surface area contributed by atoms with Gasteiger partial charge in [0.05, 0.1) is 11.0 Å². The van der Waals surface area contributed by atoms with Crippen LogP contribution >= 0.6 is 0 Å². The third kappa shape index (κ3) is 4.21. The van der Waals surface area contributed by atoms with Gasteiger partial charge in [0.1, 0.15) is 23.9 Å². The second kappa shape index (κ2) is 6.64. The number of imidazole rings is 1. The Morgan fingerprint density at radius 3 is 2.72 bits per heavy atom. The Hall–Kier alpha value is -2.74. The van der Waals surface area contributed by atoms with Crippen molar-refractivity contribution in [1.29, 1.82) is 0 Å². The summed E-state index contributed by atoms with van der Waals surface area (Å²) in [6, 6.07) is 10.8. The van der Waals surface area contributed by atoms with E-state index in [-0.39, 0.29) is 18.2 Å². The first-order valence-corrected chi connectivity index (χ1v) is 9.72. The number of pyridine rings is 1. The van der Waals surface area contributed by atoms with Crippen LogP contribution in [-0.4, -0.2) is 35.1 Å². The van der Waals surface area contributed by atoms with Gasteiger partial charge in [0.15, 0.2) is 9.84 Å². The fourth-order valence-electron chi connectivity index (χ4n) is 2.58. The molecule has 1 N–H and O–H groups in total. The molecule has 0 spiro atoms. The van der Waals surface area contributed by atoms with Crippen LogP contribution in [0.2, 0.25) is 0 Å². The van der Waals surface area contributed by atoms with E-state index in [0.717, 1.165) is 11.8 Å². The number of rotatable bonds is 5. The predicted octanol–water partition coefficient (Wildman–Crippen LogP) is 1.92. The lowest BCUT2D eigenvalue weighted by Gasteiger charge is -2.09. The van der Waals surface area contributed by atoms with Gasteiger partial charge in [-0.1, -0.05) is 12.1 Å². The normalized spacial score (nSPS) is 11.6. The van der Waals surface area contributed by atoms with Crippen molar-refractivity contribution < 1.29 is 13.2 Å². The molecule has 1 amide bonds. The summed E-state index contributed by atoms with van der Waals surface area (Å²) in [6.07, 6.45) is 2.76. The summed E-state index contributed by atoms with van der Waals surface area (Å²) in [6.45, 7) is 1.87. The molecule has 2 aromatic heterocycles. The number of aryl methyl sites for hydroxylation is 1.